The smallest absolute Gasteiger partial charge is 0.410 e. The first-order valence-electron chi connectivity index (χ1n) is 7.83. The zero-order chi connectivity index (χ0) is 15.7. The minimum Gasteiger partial charge on any atom is -0.444 e. The van der Waals surface area contributed by atoms with Gasteiger partial charge < -0.3 is 19.7 Å². The Hall–Kier alpha value is -1.07. The molecule has 0 radical (unpaired) electrons. The number of carbonyl (C=O) groups is 1. The molecule has 1 aliphatic rings. The molecule has 5 heteroatoms. The maximum Gasteiger partial charge on any atom is 0.410 e. The minimum absolute atomic E-state index is 0.200. The molecule has 21 heavy (non-hydrogen) atoms. The van der Waals surface area contributed by atoms with E-state index >= 15 is 0 Å². The highest BCUT2D eigenvalue weighted by Gasteiger charge is 2.31. The third-order valence-corrected chi connectivity index (χ3v) is 3.27. The minimum atomic E-state index is -0.434. The Kier molecular flexibility index (Phi) is 7.75. The van der Waals surface area contributed by atoms with Gasteiger partial charge in [0.05, 0.1) is 13.2 Å². The van der Waals surface area contributed by atoms with Crippen molar-refractivity contribution in [3.63, 3.8) is 0 Å². The molecule has 1 rings (SSSR count). The summed E-state index contributed by atoms with van der Waals surface area (Å²) in [4.78, 5) is 14.0. The van der Waals surface area contributed by atoms with Crippen LogP contribution in [-0.4, -0.2) is 55.5 Å². The molecule has 1 amide bonds. The van der Waals surface area contributed by atoms with E-state index in [4.69, 9.17) is 9.47 Å². The Bertz CT molecular complexity index is 326. The second kappa shape index (κ2) is 9.05. The third-order valence-electron chi connectivity index (χ3n) is 3.27. The topological polar surface area (TPSA) is 50.8 Å². The Balaban J connectivity index is 2.21. The van der Waals surface area contributed by atoms with Crippen LogP contribution in [0.4, 0.5) is 4.79 Å². The number of rotatable bonds is 8. The number of carbonyl (C=O) groups excluding carboxylic acids is 1. The van der Waals surface area contributed by atoms with E-state index in [0.29, 0.717) is 6.61 Å². The van der Waals surface area contributed by atoms with Gasteiger partial charge in [-0.25, -0.2) is 4.79 Å². The van der Waals surface area contributed by atoms with E-state index in [2.05, 4.69) is 11.9 Å². The molecule has 0 spiro atoms. The monoisotopic (exact) mass is 298 g/mol. The molecule has 1 saturated heterocycles. The van der Waals surface area contributed by atoms with Gasteiger partial charge in [0.1, 0.15) is 5.60 Å². The number of amides is 1. The lowest BCUT2D eigenvalue weighted by molar-refractivity contribution is 0.0225. The molecular weight excluding hydrogens is 268 g/mol. The Morgan fingerprint density at radius 2 is 2.19 bits per heavy atom. The molecule has 122 valence electrons. The first-order valence-corrected chi connectivity index (χ1v) is 7.83. The SMILES string of the molecule is C=CCCOCCNCC1CCCN1C(=O)OC(C)(C)C. The van der Waals surface area contributed by atoms with Crippen LogP contribution in [0.5, 0.6) is 0 Å². The number of ether oxygens (including phenoxy) is 2. The molecule has 0 aromatic carbocycles. The molecule has 1 unspecified atom stereocenters. The van der Waals surface area contributed by atoms with Gasteiger partial charge in [-0.3, -0.25) is 0 Å². The summed E-state index contributed by atoms with van der Waals surface area (Å²) in [5.41, 5.74) is -0.434. The molecule has 0 aromatic heterocycles. The number of likely N-dealkylation sites (tertiary alicyclic amines) is 1. The highest BCUT2D eigenvalue weighted by Crippen LogP contribution is 2.20. The zero-order valence-corrected chi connectivity index (χ0v) is 13.7. The summed E-state index contributed by atoms with van der Waals surface area (Å²) in [6.45, 7) is 13.1. The van der Waals surface area contributed by atoms with Crippen molar-refractivity contribution in [3.05, 3.63) is 12.7 Å². The normalized spacial score (nSPS) is 18.8. The van der Waals surface area contributed by atoms with Crippen LogP contribution in [0.1, 0.15) is 40.0 Å². The second-order valence-corrected chi connectivity index (χ2v) is 6.36. The van der Waals surface area contributed by atoms with Crippen molar-refractivity contribution >= 4 is 6.09 Å². The lowest BCUT2D eigenvalue weighted by Crippen LogP contribution is -2.44. The summed E-state index contributed by atoms with van der Waals surface area (Å²) in [5, 5.41) is 3.35. The molecule has 1 N–H and O–H groups in total. The number of nitrogens with zero attached hydrogens (tertiary/aromatic N) is 1. The van der Waals surface area contributed by atoms with Gasteiger partial charge in [-0.1, -0.05) is 6.08 Å². The molecule has 0 bridgehead atoms. The lowest BCUT2D eigenvalue weighted by atomic mass is 10.2. The van der Waals surface area contributed by atoms with Gasteiger partial charge in [-0.05, 0) is 40.0 Å². The van der Waals surface area contributed by atoms with Crippen molar-refractivity contribution in [2.75, 3.05) is 32.8 Å². The van der Waals surface area contributed by atoms with E-state index in [1.807, 2.05) is 31.7 Å². The maximum absolute atomic E-state index is 12.1. The van der Waals surface area contributed by atoms with Crippen LogP contribution in [0.25, 0.3) is 0 Å². The summed E-state index contributed by atoms with van der Waals surface area (Å²) in [7, 11) is 0. The molecule has 1 atom stereocenters. The molecule has 1 heterocycles. The van der Waals surface area contributed by atoms with Crippen molar-refractivity contribution in [3.8, 4) is 0 Å². The molecule has 1 fully saturated rings. The summed E-state index contributed by atoms with van der Waals surface area (Å²) in [6.07, 6.45) is 4.61. The third kappa shape index (κ3) is 7.48. The van der Waals surface area contributed by atoms with E-state index in [-0.39, 0.29) is 12.1 Å². The van der Waals surface area contributed by atoms with E-state index in [9.17, 15) is 4.79 Å². The number of hydrogen-bond donors (Lipinski definition) is 1. The van der Waals surface area contributed by atoms with Gasteiger partial charge in [0.15, 0.2) is 0 Å². The average molecular weight is 298 g/mol. The highest BCUT2D eigenvalue weighted by atomic mass is 16.6. The predicted octanol–water partition coefficient (Wildman–Crippen LogP) is 2.57. The van der Waals surface area contributed by atoms with Crippen LogP contribution in [0.2, 0.25) is 0 Å². The quantitative estimate of drug-likeness (QED) is 0.553. The largest absolute Gasteiger partial charge is 0.444 e. The van der Waals surface area contributed by atoms with Crippen LogP contribution < -0.4 is 5.32 Å². The summed E-state index contributed by atoms with van der Waals surface area (Å²) < 4.78 is 10.9. The van der Waals surface area contributed by atoms with Gasteiger partial charge in [-0.2, -0.15) is 0 Å². The van der Waals surface area contributed by atoms with Crippen LogP contribution in [0.15, 0.2) is 12.7 Å². The van der Waals surface area contributed by atoms with Gasteiger partial charge in [-0.15, -0.1) is 6.58 Å². The standard InChI is InChI=1S/C16H30N2O3/c1-5-6-11-20-12-9-17-13-14-8-7-10-18(14)15(19)21-16(2,3)4/h5,14,17H,1,6-13H2,2-4H3. The summed E-state index contributed by atoms with van der Waals surface area (Å²) in [6, 6.07) is 0.230. The van der Waals surface area contributed by atoms with Gasteiger partial charge in [0, 0.05) is 25.7 Å². The molecule has 0 saturated carbocycles. The first-order chi connectivity index (χ1) is 9.94. The fourth-order valence-electron chi connectivity index (χ4n) is 2.29. The van der Waals surface area contributed by atoms with Crippen molar-refractivity contribution in [1.29, 1.82) is 0 Å². The predicted molar refractivity (Wildman–Crippen MR) is 84.5 cm³/mol. The fraction of sp³-hybridized carbons (Fsp3) is 0.812. The van der Waals surface area contributed by atoms with Crippen molar-refractivity contribution in [2.24, 2.45) is 0 Å². The highest BCUT2D eigenvalue weighted by molar-refractivity contribution is 5.69. The number of nitrogens with one attached hydrogen (secondary N) is 1. The van der Waals surface area contributed by atoms with Crippen molar-refractivity contribution in [2.45, 2.75) is 51.7 Å². The molecule has 5 nitrogen and oxygen atoms in total. The van der Waals surface area contributed by atoms with Gasteiger partial charge in [0.25, 0.3) is 0 Å². The van der Waals surface area contributed by atoms with Crippen molar-refractivity contribution in [1.82, 2.24) is 10.2 Å². The Labute approximate surface area is 128 Å². The van der Waals surface area contributed by atoms with Crippen molar-refractivity contribution < 1.29 is 14.3 Å². The number of hydrogen-bond acceptors (Lipinski definition) is 4. The van der Waals surface area contributed by atoms with Crippen LogP contribution in [0, 0.1) is 0 Å². The Morgan fingerprint density at radius 3 is 2.86 bits per heavy atom. The van der Waals surface area contributed by atoms with Gasteiger partial charge in [0.2, 0.25) is 0 Å². The molecular formula is C16H30N2O3. The lowest BCUT2D eigenvalue weighted by Gasteiger charge is -2.28. The average Bonchev–Trinajstić information content (AvgIpc) is 2.84. The maximum atomic E-state index is 12.1. The summed E-state index contributed by atoms with van der Waals surface area (Å²) >= 11 is 0. The zero-order valence-electron chi connectivity index (χ0n) is 13.7. The van der Waals surface area contributed by atoms with E-state index in [1.165, 1.54) is 0 Å². The van der Waals surface area contributed by atoms with E-state index in [0.717, 1.165) is 45.5 Å². The molecule has 0 aliphatic carbocycles. The summed E-state index contributed by atoms with van der Waals surface area (Å²) in [5.74, 6) is 0. The van der Waals surface area contributed by atoms with E-state index in [1.54, 1.807) is 0 Å². The van der Waals surface area contributed by atoms with Crippen LogP contribution in [-0.2, 0) is 9.47 Å². The van der Waals surface area contributed by atoms with Gasteiger partial charge >= 0.3 is 6.09 Å². The second-order valence-electron chi connectivity index (χ2n) is 6.36. The molecule has 1 aliphatic heterocycles. The first kappa shape index (κ1) is 18.0. The molecule has 0 aromatic rings. The fourth-order valence-corrected chi connectivity index (χ4v) is 2.29. The van der Waals surface area contributed by atoms with Crippen LogP contribution in [0.3, 0.4) is 0 Å². The Morgan fingerprint density at radius 1 is 1.43 bits per heavy atom. The van der Waals surface area contributed by atoms with Crippen LogP contribution >= 0.6 is 0 Å². The van der Waals surface area contributed by atoms with E-state index < -0.39 is 5.60 Å².